The highest BCUT2D eigenvalue weighted by molar-refractivity contribution is 8.77. The largest absolute Gasteiger partial charge is 0.0973 e. The quantitative estimate of drug-likeness (QED) is 0.427. The van der Waals surface area contributed by atoms with E-state index in [0.717, 1.165) is 5.25 Å². The SMILES string of the molecule is CCCSSCC.CSSC1CCCCC1. The zero-order valence-corrected chi connectivity index (χ0v) is 14.1. The van der Waals surface area contributed by atoms with Gasteiger partial charge in [-0.1, -0.05) is 76.3 Å². The summed E-state index contributed by atoms with van der Waals surface area (Å²) >= 11 is 0. The van der Waals surface area contributed by atoms with Gasteiger partial charge in [-0.05, 0) is 25.5 Å². The summed E-state index contributed by atoms with van der Waals surface area (Å²) in [6.07, 6.45) is 10.8. The number of hydrogen-bond donors (Lipinski definition) is 0. The first-order valence-corrected chi connectivity index (χ1v) is 11.4. The van der Waals surface area contributed by atoms with E-state index in [2.05, 4.69) is 30.9 Å². The summed E-state index contributed by atoms with van der Waals surface area (Å²) in [4.78, 5) is 0. The molecule has 0 nitrogen and oxygen atoms in total. The maximum atomic E-state index is 2.21. The van der Waals surface area contributed by atoms with Gasteiger partial charge in [0.05, 0.1) is 0 Å². The van der Waals surface area contributed by atoms with Crippen molar-refractivity contribution in [1.82, 2.24) is 0 Å². The van der Waals surface area contributed by atoms with Gasteiger partial charge >= 0.3 is 0 Å². The van der Waals surface area contributed by atoms with Crippen molar-refractivity contribution in [1.29, 1.82) is 0 Å². The topological polar surface area (TPSA) is 0 Å². The van der Waals surface area contributed by atoms with Crippen molar-refractivity contribution < 1.29 is 0 Å². The summed E-state index contributed by atoms with van der Waals surface area (Å²) in [6, 6.07) is 0. The Kier molecular flexibility index (Phi) is 15.7. The molecule has 0 aromatic carbocycles. The Balaban J connectivity index is 0.000000293. The zero-order valence-electron chi connectivity index (χ0n) is 10.9. The fourth-order valence-electron chi connectivity index (χ4n) is 1.52. The normalized spacial score (nSPS) is 16.7. The Bertz CT molecular complexity index is 117. The number of rotatable bonds is 6. The molecule has 0 saturated heterocycles. The monoisotopic (exact) mass is 298 g/mol. The van der Waals surface area contributed by atoms with E-state index < -0.39 is 0 Å². The van der Waals surface area contributed by atoms with Gasteiger partial charge in [-0.15, -0.1) is 0 Å². The van der Waals surface area contributed by atoms with E-state index in [0.29, 0.717) is 0 Å². The van der Waals surface area contributed by atoms with E-state index in [-0.39, 0.29) is 0 Å². The molecule has 98 valence electrons. The Morgan fingerprint density at radius 3 is 2.19 bits per heavy atom. The van der Waals surface area contributed by atoms with Crippen LogP contribution in [-0.4, -0.2) is 23.0 Å². The number of hydrogen-bond acceptors (Lipinski definition) is 4. The maximum absolute atomic E-state index is 2.21. The first-order chi connectivity index (χ1) is 7.85. The molecule has 1 aliphatic carbocycles. The van der Waals surface area contributed by atoms with Crippen LogP contribution in [0.25, 0.3) is 0 Å². The van der Waals surface area contributed by atoms with Gasteiger partial charge in [0.2, 0.25) is 0 Å². The van der Waals surface area contributed by atoms with Crippen LogP contribution in [0, 0.1) is 0 Å². The van der Waals surface area contributed by atoms with E-state index in [1.807, 2.05) is 32.4 Å². The molecular formula is C12H26S4. The predicted octanol–water partition coefficient (Wildman–Crippen LogP) is 6.13. The van der Waals surface area contributed by atoms with Gasteiger partial charge in [0.1, 0.15) is 0 Å². The molecule has 16 heavy (non-hydrogen) atoms. The minimum Gasteiger partial charge on any atom is -0.0973 e. The second-order valence-corrected chi connectivity index (χ2v) is 9.39. The highest BCUT2D eigenvalue weighted by Crippen LogP contribution is 2.34. The van der Waals surface area contributed by atoms with Gasteiger partial charge in [-0.25, -0.2) is 0 Å². The highest BCUT2D eigenvalue weighted by Gasteiger charge is 2.12. The molecule has 1 aliphatic rings. The molecule has 0 unspecified atom stereocenters. The summed E-state index contributed by atoms with van der Waals surface area (Å²) in [5.74, 6) is 2.54. The molecule has 0 N–H and O–H groups in total. The third-order valence-electron chi connectivity index (χ3n) is 2.27. The van der Waals surface area contributed by atoms with Crippen LogP contribution < -0.4 is 0 Å². The van der Waals surface area contributed by atoms with Crippen molar-refractivity contribution in [3.63, 3.8) is 0 Å². The van der Waals surface area contributed by atoms with E-state index in [1.54, 1.807) is 0 Å². The predicted molar refractivity (Wildman–Crippen MR) is 88.9 cm³/mol. The van der Waals surface area contributed by atoms with Crippen molar-refractivity contribution in [2.24, 2.45) is 0 Å². The van der Waals surface area contributed by atoms with Gasteiger partial charge < -0.3 is 0 Å². The fourth-order valence-corrected chi connectivity index (χ4v) is 5.52. The molecule has 0 spiro atoms. The minimum atomic E-state index is 0.980. The average molecular weight is 299 g/mol. The Labute approximate surface area is 118 Å². The lowest BCUT2D eigenvalue weighted by Crippen LogP contribution is -2.05. The summed E-state index contributed by atoms with van der Waals surface area (Å²) in [6.45, 7) is 4.40. The van der Waals surface area contributed by atoms with Crippen LogP contribution in [0.3, 0.4) is 0 Å². The third-order valence-corrected chi connectivity index (χ3v) is 7.29. The molecule has 0 aromatic rings. The lowest BCUT2D eigenvalue weighted by Gasteiger charge is -2.19. The molecule has 0 aliphatic heterocycles. The summed E-state index contributed by atoms with van der Waals surface area (Å²) in [5.41, 5.74) is 0. The molecular weight excluding hydrogens is 272 g/mol. The molecule has 1 fully saturated rings. The van der Waals surface area contributed by atoms with Gasteiger partial charge in [0, 0.05) is 16.8 Å². The van der Waals surface area contributed by atoms with E-state index in [9.17, 15) is 0 Å². The molecule has 1 saturated carbocycles. The van der Waals surface area contributed by atoms with Gasteiger partial charge in [0.15, 0.2) is 0 Å². The molecule has 0 heterocycles. The van der Waals surface area contributed by atoms with Gasteiger partial charge in [0.25, 0.3) is 0 Å². The lowest BCUT2D eigenvalue weighted by molar-refractivity contribution is 0.517. The van der Waals surface area contributed by atoms with Crippen molar-refractivity contribution in [3.8, 4) is 0 Å². The Morgan fingerprint density at radius 2 is 1.69 bits per heavy atom. The van der Waals surface area contributed by atoms with Crippen molar-refractivity contribution >= 4 is 43.2 Å². The van der Waals surface area contributed by atoms with Crippen LogP contribution in [0.4, 0.5) is 0 Å². The van der Waals surface area contributed by atoms with E-state index >= 15 is 0 Å². The second kappa shape index (κ2) is 14.5. The first-order valence-electron chi connectivity index (χ1n) is 6.29. The first kappa shape index (κ1) is 17.4. The van der Waals surface area contributed by atoms with E-state index in [1.165, 1.54) is 50.0 Å². The van der Waals surface area contributed by atoms with Crippen LogP contribution >= 0.6 is 43.2 Å². The average Bonchev–Trinajstić information content (AvgIpc) is 2.32. The molecule has 0 aromatic heterocycles. The van der Waals surface area contributed by atoms with Crippen LogP contribution in [0.15, 0.2) is 0 Å². The van der Waals surface area contributed by atoms with Crippen LogP contribution in [0.1, 0.15) is 52.4 Å². The maximum Gasteiger partial charge on any atom is 0.0151 e. The van der Waals surface area contributed by atoms with Crippen LogP contribution in [-0.2, 0) is 0 Å². The molecule has 0 bridgehead atoms. The van der Waals surface area contributed by atoms with Crippen molar-refractivity contribution in [2.45, 2.75) is 57.6 Å². The molecule has 0 radical (unpaired) electrons. The van der Waals surface area contributed by atoms with E-state index in [4.69, 9.17) is 0 Å². The molecule has 4 heteroatoms. The van der Waals surface area contributed by atoms with Gasteiger partial charge in [-0.3, -0.25) is 0 Å². The lowest BCUT2D eigenvalue weighted by atomic mass is 10.0. The second-order valence-electron chi connectivity index (χ2n) is 3.75. The third kappa shape index (κ3) is 11.9. The van der Waals surface area contributed by atoms with Crippen molar-refractivity contribution in [2.75, 3.05) is 17.8 Å². The summed E-state index contributed by atoms with van der Waals surface area (Å²) < 4.78 is 0. The Hall–Kier alpha value is 1.40. The molecule has 0 atom stereocenters. The molecule has 0 amide bonds. The zero-order chi connectivity index (χ0) is 12.1. The minimum absolute atomic E-state index is 0.980. The highest BCUT2D eigenvalue weighted by atomic mass is 33.1. The van der Waals surface area contributed by atoms with Crippen LogP contribution in [0.2, 0.25) is 0 Å². The summed E-state index contributed by atoms with van der Waals surface area (Å²) in [5, 5.41) is 0.980. The Morgan fingerprint density at radius 1 is 1.00 bits per heavy atom. The smallest absolute Gasteiger partial charge is 0.0151 e. The van der Waals surface area contributed by atoms with Gasteiger partial charge in [-0.2, -0.15) is 0 Å². The van der Waals surface area contributed by atoms with Crippen LogP contribution in [0.5, 0.6) is 0 Å². The fraction of sp³-hybridized carbons (Fsp3) is 1.00. The summed E-state index contributed by atoms with van der Waals surface area (Å²) in [7, 11) is 7.91. The van der Waals surface area contributed by atoms with Crippen molar-refractivity contribution in [3.05, 3.63) is 0 Å². The standard InChI is InChI=1S/C7H14S2.C5H12S2/c1-8-9-7-5-3-2-4-6-7;1-3-5-7-6-4-2/h7H,2-6H2,1H3;3-5H2,1-2H3. The molecule has 1 rings (SSSR count).